The number of hydrogen-bond acceptors (Lipinski definition) is 4. The molecule has 5 rings (SSSR count). The Kier molecular flexibility index (Phi) is 10.8. The monoisotopic (exact) mass is 593 g/mol. The van der Waals surface area contributed by atoms with Gasteiger partial charge in [0.2, 0.25) is 0 Å². The van der Waals surface area contributed by atoms with Crippen molar-refractivity contribution in [2.75, 3.05) is 6.54 Å². The zero-order chi connectivity index (χ0) is 30.9. The summed E-state index contributed by atoms with van der Waals surface area (Å²) in [6.45, 7) is 0.0297. The van der Waals surface area contributed by atoms with Crippen molar-refractivity contribution in [3.63, 3.8) is 0 Å². The van der Waals surface area contributed by atoms with Gasteiger partial charge in [0.05, 0.1) is 12.3 Å². The summed E-state index contributed by atoms with van der Waals surface area (Å²) in [4.78, 5) is 50.9. The summed E-state index contributed by atoms with van der Waals surface area (Å²) in [7, 11) is 0. The van der Waals surface area contributed by atoms with E-state index in [1.807, 2.05) is 24.3 Å². The van der Waals surface area contributed by atoms with Gasteiger partial charge in [-0.05, 0) is 66.3 Å². The van der Waals surface area contributed by atoms with Crippen LogP contribution in [0.3, 0.4) is 0 Å². The number of rotatable bonds is 12. The highest BCUT2D eigenvalue weighted by Crippen LogP contribution is 2.35. The fourth-order valence-corrected chi connectivity index (χ4v) is 6.85. The third kappa shape index (κ3) is 8.10. The second-order valence-electron chi connectivity index (χ2n) is 12.5. The molecule has 6 heteroatoms. The minimum atomic E-state index is -0.984. The Bertz CT molecular complexity index is 1430. The lowest BCUT2D eigenvalue weighted by Gasteiger charge is -2.22. The SMILES string of the molecule is O=C(O)CCNC(=O)c1ccc(C(CC(=O)c2ccc(C3CCCCC3)cc2)C(=O)c2ccc(C3CCCCC3)cc2)cc1. The molecule has 2 fully saturated rings. The first-order chi connectivity index (χ1) is 21.4. The standard InChI is InChI=1S/C38H43NO5/c40-35(31-17-11-28(12-18-31)26-7-3-1-4-8-26)25-34(30-15-21-33(22-16-30)38(44)39-24-23-36(41)42)37(43)32-19-13-29(14-20-32)27-9-5-2-6-10-27/h11-22,26-27,34H,1-10,23-25H2,(H,39,44)(H,41,42). The first-order valence-electron chi connectivity index (χ1n) is 16.3. The summed E-state index contributed by atoms with van der Waals surface area (Å²) in [6.07, 6.45) is 12.2. The molecule has 0 spiro atoms. The summed E-state index contributed by atoms with van der Waals surface area (Å²) in [5, 5.41) is 11.4. The van der Waals surface area contributed by atoms with Crippen molar-refractivity contribution in [2.24, 2.45) is 0 Å². The largest absolute Gasteiger partial charge is 0.481 e. The molecular weight excluding hydrogens is 550 g/mol. The maximum absolute atomic E-state index is 14.0. The molecule has 3 aromatic carbocycles. The van der Waals surface area contributed by atoms with Crippen molar-refractivity contribution in [1.29, 1.82) is 0 Å². The number of Topliss-reactive ketones (excluding diaryl/α,β-unsaturated/α-hetero) is 2. The minimum absolute atomic E-state index is 0.0239. The molecule has 2 aliphatic rings. The van der Waals surface area contributed by atoms with Crippen LogP contribution in [0.4, 0.5) is 0 Å². The summed E-state index contributed by atoms with van der Waals surface area (Å²) < 4.78 is 0. The number of hydrogen-bond donors (Lipinski definition) is 2. The third-order valence-corrected chi connectivity index (χ3v) is 9.49. The van der Waals surface area contributed by atoms with Gasteiger partial charge in [0.15, 0.2) is 11.6 Å². The molecule has 1 amide bonds. The van der Waals surface area contributed by atoms with Gasteiger partial charge in [-0.3, -0.25) is 19.2 Å². The van der Waals surface area contributed by atoms with Gasteiger partial charge in [-0.15, -0.1) is 0 Å². The Morgan fingerprint density at radius 1 is 0.636 bits per heavy atom. The minimum Gasteiger partial charge on any atom is -0.481 e. The predicted octanol–water partition coefficient (Wildman–Crippen LogP) is 8.23. The number of carbonyl (C=O) groups excluding carboxylic acids is 3. The first kappa shape index (κ1) is 31.4. The van der Waals surface area contributed by atoms with Gasteiger partial charge in [0.1, 0.15) is 0 Å². The van der Waals surface area contributed by atoms with Crippen LogP contribution in [0.15, 0.2) is 72.8 Å². The van der Waals surface area contributed by atoms with Crippen LogP contribution in [-0.2, 0) is 4.79 Å². The summed E-state index contributed by atoms with van der Waals surface area (Å²) in [5.41, 5.74) is 4.76. The normalized spacial score (nSPS) is 16.6. The fourth-order valence-electron chi connectivity index (χ4n) is 6.85. The average molecular weight is 594 g/mol. The van der Waals surface area contributed by atoms with Crippen molar-refractivity contribution < 1.29 is 24.3 Å². The van der Waals surface area contributed by atoms with Gasteiger partial charge in [-0.2, -0.15) is 0 Å². The van der Waals surface area contributed by atoms with Crippen LogP contribution in [0, 0.1) is 0 Å². The lowest BCUT2D eigenvalue weighted by molar-refractivity contribution is -0.136. The lowest BCUT2D eigenvalue weighted by atomic mass is 9.82. The Balaban J connectivity index is 1.35. The number of amides is 1. The van der Waals surface area contributed by atoms with Crippen LogP contribution in [0.5, 0.6) is 0 Å². The zero-order valence-electron chi connectivity index (χ0n) is 25.4. The zero-order valence-corrected chi connectivity index (χ0v) is 25.4. The van der Waals surface area contributed by atoms with E-state index in [2.05, 4.69) is 29.6 Å². The van der Waals surface area contributed by atoms with Crippen LogP contribution < -0.4 is 5.32 Å². The number of ketones is 2. The average Bonchev–Trinajstić information content (AvgIpc) is 3.07. The van der Waals surface area contributed by atoms with E-state index < -0.39 is 11.9 Å². The Morgan fingerprint density at radius 2 is 1.11 bits per heavy atom. The van der Waals surface area contributed by atoms with E-state index in [9.17, 15) is 19.2 Å². The molecule has 6 nitrogen and oxygen atoms in total. The molecule has 44 heavy (non-hydrogen) atoms. The van der Waals surface area contributed by atoms with Crippen LogP contribution in [0.25, 0.3) is 0 Å². The van der Waals surface area contributed by atoms with Crippen LogP contribution in [0.2, 0.25) is 0 Å². The quantitative estimate of drug-likeness (QED) is 0.206. The van der Waals surface area contributed by atoms with Crippen molar-refractivity contribution >= 4 is 23.4 Å². The maximum atomic E-state index is 14.0. The number of carboxylic acids is 1. The fraction of sp³-hybridized carbons (Fsp3) is 0.421. The Labute approximate surface area is 260 Å². The molecule has 0 aromatic heterocycles. The van der Waals surface area contributed by atoms with Gasteiger partial charge in [-0.1, -0.05) is 99.2 Å². The third-order valence-electron chi connectivity index (χ3n) is 9.49. The molecule has 0 radical (unpaired) electrons. The van der Waals surface area contributed by atoms with Crippen LogP contribution >= 0.6 is 0 Å². The molecule has 3 aromatic rings. The van der Waals surface area contributed by atoms with E-state index in [0.717, 1.165) is 0 Å². The predicted molar refractivity (Wildman–Crippen MR) is 172 cm³/mol. The van der Waals surface area contributed by atoms with Crippen LogP contribution in [-0.4, -0.2) is 35.1 Å². The van der Waals surface area contributed by atoms with E-state index >= 15 is 0 Å². The Hall–Kier alpha value is -4.06. The molecule has 2 aliphatic carbocycles. The number of aliphatic carboxylic acids is 1. The van der Waals surface area contributed by atoms with Crippen molar-refractivity contribution in [3.8, 4) is 0 Å². The first-order valence-corrected chi connectivity index (χ1v) is 16.3. The number of benzene rings is 3. The summed E-state index contributed by atoms with van der Waals surface area (Å²) >= 11 is 0. The second-order valence-corrected chi connectivity index (χ2v) is 12.5. The van der Waals surface area contributed by atoms with Crippen molar-refractivity contribution in [3.05, 3.63) is 106 Å². The van der Waals surface area contributed by atoms with E-state index in [1.165, 1.54) is 75.3 Å². The highest BCUT2D eigenvalue weighted by Gasteiger charge is 2.27. The van der Waals surface area contributed by atoms with Gasteiger partial charge < -0.3 is 10.4 Å². The summed E-state index contributed by atoms with van der Waals surface area (Å²) in [6, 6.07) is 22.6. The molecule has 1 atom stereocenters. The molecule has 2 saturated carbocycles. The highest BCUT2D eigenvalue weighted by atomic mass is 16.4. The van der Waals surface area contributed by atoms with Crippen LogP contribution in [0.1, 0.15) is 143 Å². The molecule has 0 aliphatic heterocycles. The smallest absolute Gasteiger partial charge is 0.305 e. The number of carbonyl (C=O) groups is 4. The topological polar surface area (TPSA) is 101 Å². The second kappa shape index (κ2) is 15.1. The molecule has 1 unspecified atom stereocenters. The number of carboxylic acid groups (broad SMARTS) is 1. The van der Waals surface area contributed by atoms with Crippen molar-refractivity contribution in [2.45, 2.75) is 94.8 Å². The van der Waals surface area contributed by atoms with E-state index in [4.69, 9.17) is 5.11 Å². The Morgan fingerprint density at radius 3 is 1.61 bits per heavy atom. The van der Waals surface area contributed by atoms with Gasteiger partial charge in [-0.25, -0.2) is 0 Å². The molecule has 0 bridgehead atoms. The van der Waals surface area contributed by atoms with Crippen molar-refractivity contribution in [1.82, 2.24) is 5.32 Å². The number of nitrogens with one attached hydrogen (secondary N) is 1. The molecule has 230 valence electrons. The molecular formula is C38H43NO5. The lowest BCUT2D eigenvalue weighted by Crippen LogP contribution is -2.26. The molecule has 2 N–H and O–H groups in total. The molecule has 0 saturated heterocycles. The van der Waals surface area contributed by atoms with E-state index in [1.54, 1.807) is 24.3 Å². The van der Waals surface area contributed by atoms with Gasteiger partial charge in [0.25, 0.3) is 5.91 Å². The molecule has 0 heterocycles. The maximum Gasteiger partial charge on any atom is 0.305 e. The summed E-state index contributed by atoms with van der Waals surface area (Å²) in [5.74, 6) is -1.19. The van der Waals surface area contributed by atoms with E-state index in [0.29, 0.717) is 34.1 Å². The van der Waals surface area contributed by atoms with Gasteiger partial charge in [0, 0.05) is 29.7 Å². The highest BCUT2D eigenvalue weighted by molar-refractivity contribution is 6.06. The van der Waals surface area contributed by atoms with Gasteiger partial charge >= 0.3 is 5.97 Å². The van der Waals surface area contributed by atoms with E-state index in [-0.39, 0.29) is 36.9 Å².